The second-order valence-electron chi connectivity index (χ2n) is 5.70. The zero-order valence-electron chi connectivity index (χ0n) is 13.2. The van der Waals surface area contributed by atoms with Gasteiger partial charge in [-0.05, 0) is 52.1 Å². The molecule has 0 aromatic heterocycles. The fourth-order valence-electron chi connectivity index (χ4n) is 2.01. The fourth-order valence-corrected chi connectivity index (χ4v) is 2.01. The van der Waals surface area contributed by atoms with Crippen molar-refractivity contribution in [3.05, 3.63) is 29.3 Å². The topological polar surface area (TPSA) is 24.5 Å². The number of rotatable bonds is 7. The molecule has 0 radical (unpaired) electrons. The molecular formula is C16H28N2O. The molecule has 0 spiro atoms. The van der Waals surface area contributed by atoms with Crippen molar-refractivity contribution < 1.29 is 4.74 Å². The van der Waals surface area contributed by atoms with Crippen molar-refractivity contribution in [3.8, 4) is 5.75 Å². The van der Waals surface area contributed by atoms with Gasteiger partial charge < -0.3 is 10.1 Å². The maximum absolute atomic E-state index is 5.48. The summed E-state index contributed by atoms with van der Waals surface area (Å²) in [6.07, 6.45) is 1.13. The lowest BCUT2D eigenvalue weighted by Crippen LogP contribution is -2.39. The fraction of sp³-hybridized carbons (Fsp3) is 0.625. The second kappa shape index (κ2) is 6.92. The lowest BCUT2D eigenvalue weighted by atomic mass is 9.98. The average Bonchev–Trinajstić information content (AvgIpc) is 2.39. The molecule has 3 nitrogen and oxygen atoms in total. The van der Waals surface area contributed by atoms with Gasteiger partial charge in [0.25, 0.3) is 0 Å². The van der Waals surface area contributed by atoms with Crippen LogP contribution in [0.3, 0.4) is 0 Å². The summed E-state index contributed by atoms with van der Waals surface area (Å²) in [5, 5.41) is 3.19. The molecule has 1 N–H and O–H groups in total. The summed E-state index contributed by atoms with van der Waals surface area (Å²) < 4.78 is 5.48. The smallest absolute Gasteiger partial charge is 0.123 e. The minimum atomic E-state index is 0.198. The van der Waals surface area contributed by atoms with Crippen LogP contribution in [0.25, 0.3) is 0 Å². The van der Waals surface area contributed by atoms with Crippen LogP contribution >= 0.6 is 0 Å². The van der Waals surface area contributed by atoms with Crippen molar-refractivity contribution in [2.75, 3.05) is 21.2 Å². The quantitative estimate of drug-likeness (QED) is 0.819. The molecule has 0 bridgehead atoms. The molecule has 0 fully saturated rings. The third kappa shape index (κ3) is 4.22. The molecule has 1 rings (SSSR count). The van der Waals surface area contributed by atoms with E-state index in [4.69, 9.17) is 4.74 Å². The lowest BCUT2D eigenvalue weighted by molar-refractivity contribution is 0.141. The van der Waals surface area contributed by atoms with Gasteiger partial charge in [0, 0.05) is 24.2 Å². The Bertz CT molecular complexity index is 402. The van der Waals surface area contributed by atoms with Gasteiger partial charge in [0.15, 0.2) is 0 Å². The summed E-state index contributed by atoms with van der Waals surface area (Å²) >= 11 is 0. The van der Waals surface area contributed by atoms with E-state index >= 15 is 0 Å². The molecule has 0 heterocycles. The van der Waals surface area contributed by atoms with E-state index in [0.717, 1.165) is 25.3 Å². The highest BCUT2D eigenvalue weighted by Gasteiger charge is 2.22. The van der Waals surface area contributed by atoms with Crippen molar-refractivity contribution in [1.29, 1.82) is 0 Å². The van der Waals surface area contributed by atoms with Gasteiger partial charge in [0.05, 0.1) is 7.11 Å². The number of methoxy groups -OCH3 is 1. The second-order valence-corrected chi connectivity index (χ2v) is 5.70. The van der Waals surface area contributed by atoms with Crippen LogP contribution in [0.15, 0.2) is 18.2 Å². The van der Waals surface area contributed by atoms with Crippen LogP contribution in [0.5, 0.6) is 5.75 Å². The van der Waals surface area contributed by atoms with E-state index in [9.17, 15) is 0 Å². The van der Waals surface area contributed by atoms with Crippen molar-refractivity contribution in [1.82, 2.24) is 10.2 Å². The van der Waals surface area contributed by atoms with Crippen LogP contribution in [0.2, 0.25) is 0 Å². The van der Waals surface area contributed by atoms with E-state index in [1.54, 1.807) is 7.11 Å². The molecule has 0 saturated heterocycles. The van der Waals surface area contributed by atoms with E-state index in [1.165, 1.54) is 11.1 Å². The largest absolute Gasteiger partial charge is 0.496 e. The average molecular weight is 264 g/mol. The zero-order chi connectivity index (χ0) is 14.5. The highest BCUT2D eigenvalue weighted by molar-refractivity contribution is 5.37. The molecule has 1 aromatic carbocycles. The van der Waals surface area contributed by atoms with E-state index in [0.29, 0.717) is 0 Å². The van der Waals surface area contributed by atoms with Gasteiger partial charge in [-0.25, -0.2) is 0 Å². The van der Waals surface area contributed by atoms with E-state index in [-0.39, 0.29) is 5.54 Å². The Kier molecular flexibility index (Phi) is 5.83. The minimum absolute atomic E-state index is 0.198. The standard InChI is InChI=1S/C16H28N2O/c1-7-16(2,3)18(5)12-14-10-13(11-17-4)8-9-15(14)19-6/h8-10,17H,7,11-12H2,1-6H3. The molecule has 0 amide bonds. The maximum Gasteiger partial charge on any atom is 0.123 e. The van der Waals surface area contributed by atoms with Gasteiger partial charge in [0.1, 0.15) is 5.75 Å². The van der Waals surface area contributed by atoms with E-state index < -0.39 is 0 Å². The van der Waals surface area contributed by atoms with Gasteiger partial charge in [-0.15, -0.1) is 0 Å². The van der Waals surface area contributed by atoms with Crippen LogP contribution in [-0.2, 0) is 13.1 Å². The first-order valence-corrected chi connectivity index (χ1v) is 6.96. The Balaban J connectivity index is 2.94. The summed E-state index contributed by atoms with van der Waals surface area (Å²) in [6.45, 7) is 8.57. The van der Waals surface area contributed by atoms with E-state index in [1.807, 2.05) is 7.05 Å². The maximum atomic E-state index is 5.48. The highest BCUT2D eigenvalue weighted by atomic mass is 16.5. The monoisotopic (exact) mass is 264 g/mol. The number of hydrogen-bond donors (Lipinski definition) is 1. The van der Waals surface area contributed by atoms with Crippen molar-refractivity contribution in [3.63, 3.8) is 0 Å². The Morgan fingerprint density at radius 3 is 2.53 bits per heavy atom. The van der Waals surface area contributed by atoms with Crippen LogP contribution in [0.4, 0.5) is 0 Å². The van der Waals surface area contributed by atoms with Crippen molar-refractivity contribution >= 4 is 0 Å². The van der Waals surface area contributed by atoms with Gasteiger partial charge in [-0.2, -0.15) is 0 Å². The molecule has 3 heteroatoms. The predicted octanol–water partition coefficient (Wildman–Crippen LogP) is 3.04. The summed E-state index contributed by atoms with van der Waals surface area (Å²) in [6, 6.07) is 6.41. The van der Waals surface area contributed by atoms with Gasteiger partial charge >= 0.3 is 0 Å². The summed E-state index contributed by atoms with van der Waals surface area (Å²) in [4.78, 5) is 2.38. The molecule has 0 saturated carbocycles. The normalized spacial score (nSPS) is 11.9. The third-order valence-corrected chi connectivity index (χ3v) is 4.03. The van der Waals surface area contributed by atoms with E-state index in [2.05, 4.69) is 56.2 Å². The van der Waals surface area contributed by atoms with Crippen molar-refractivity contribution in [2.24, 2.45) is 0 Å². The molecule has 1 aromatic rings. The third-order valence-electron chi connectivity index (χ3n) is 4.03. The summed E-state index contributed by atoms with van der Waals surface area (Å²) in [5.41, 5.74) is 2.74. The van der Waals surface area contributed by atoms with Crippen LogP contribution in [0, 0.1) is 0 Å². The number of nitrogens with zero attached hydrogens (tertiary/aromatic N) is 1. The first-order chi connectivity index (χ1) is 8.94. The molecule has 19 heavy (non-hydrogen) atoms. The molecule has 0 aliphatic carbocycles. The van der Waals surface area contributed by atoms with Crippen LogP contribution in [0.1, 0.15) is 38.3 Å². The first kappa shape index (κ1) is 16.0. The van der Waals surface area contributed by atoms with Gasteiger partial charge in [-0.1, -0.05) is 13.0 Å². The highest BCUT2D eigenvalue weighted by Crippen LogP contribution is 2.25. The Morgan fingerprint density at radius 2 is 2.00 bits per heavy atom. The molecule has 108 valence electrons. The molecular weight excluding hydrogens is 236 g/mol. The SMILES string of the molecule is CCC(C)(C)N(C)Cc1cc(CNC)ccc1OC. The Morgan fingerprint density at radius 1 is 1.32 bits per heavy atom. The predicted molar refractivity (Wildman–Crippen MR) is 81.6 cm³/mol. The molecule has 0 atom stereocenters. The van der Waals surface area contributed by atoms with Crippen molar-refractivity contribution in [2.45, 2.75) is 45.8 Å². The van der Waals surface area contributed by atoms with Crippen LogP contribution in [-0.4, -0.2) is 31.6 Å². The number of nitrogens with one attached hydrogen (secondary N) is 1. The first-order valence-electron chi connectivity index (χ1n) is 6.96. The Hall–Kier alpha value is -1.06. The van der Waals surface area contributed by atoms with Crippen LogP contribution < -0.4 is 10.1 Å². The van der Waals surface area contributed by atoms with Gasteiger partial charge in [0.2, 0.25) is 0 Å². The zero-order valence-corrected chi connectivity index (χ0v) is 13.2. The Labute approximate surface area is 118 Å². The lowest BCUT2D eigenvalue weighted by Gasteiger charge is -2.35. The molecule has 0 unspecified atom stereocenters. The summed E-state index contributed by atoms with van der Waals surface area (Å²) in [7, 11) is 5.88. The minimum Gasteiger partial charge on any atom is -0.496 e. The number of hydrogen-bond acceptors (Lipinski definition) is 3. The summed E-state index contributed by atoms with van der Waals surface area (Å²) in [5.74, 6) is 0.971. The number of ether oxygens (including phenoxy) is 1. The molecule has 0 aliphatic heterocycles. The van der Waals surface area contributed by atoms with Gasteiger partial charge in [-0.3, -0.25) is 4.90 Å². The molecule has 0 aliphatic rings. The number of benzene rings is 1.